The summed E-state index contributed by atoms with van der Waals surface area (Å²) in [5.41, 5.74) is 3.92. The van der Waals surface area contributed by atoms with Crippen LogP contribution in [0, 0.1) is 6.92 Å². The molecule has 5 rings (SSSR count). The van der Waals surface area contributed by atoms with Crippen molar-refractivity contribution in [3.63, 3.8) is 0 Å². The van der Waals surface area contributed by atoms with Crippen LogP contribution in [0.15, 0.2) is 89.9 Å². The van der Waals surface area contributed by atoms with E-state index in [4.69, 9.17) is 23.7 Å². The lowest BCUT2D eigenvalue weighted by atomic mass is 10.1. The summed E-state index contributed by atoms with van der Waals surface area (Å²) in [7, 11) is 3.15. The Morgan fingerprint density at radius 3 is 2.40 bits per heavy atom. The van der Waals surface area contributed by atoms with Gasteiger partial charge in [-0.05, 0) is 99.8 Å². The lowest BCUT2D eigenvalue weighted by Crippen LogP contribution is -2.33. The van der Waals surface area contributed by atoms with Crippen LogP contribution in [0.4, 0.5) is 16.2 Å². The van der Waals surface area contributed by atoms with Crippen molar-refractivity contribution in [1.82, 2.24) is 5.32 Å². The Kier molecular flexibility index (Phi) is 12.6. The number of benzene rings is 4. The van der Waals surface area contributed by atoms with E-state index < -0.39 is 17.6 Å². The SMILES string of the molecule is COc1cc(C(=O)N(C)c2ccc(C)cc2OCc2ccc(C3=NCCO3)cc2)ccc1NC(=O)c1ccccc1OCCCNC(=O)OC(C)(C)C. The van der Waals surface area contributed by atoms with Crippen molar-refractivity contribution < 1.29 is 38.1 Å². The minimum Gasteiger partial charge on any atom is -0.495 e. The van der Waals surface area contributed by atoms with Crippen molar-refractivity contribution in [2.75, 3.05) is 50.7 Å². The van der Waals surface area contributed by atoms with E-state index in [1.807, 2.05) is 49.4 Å². The fourth-order valence-electron chi connectivity index (χ4n) is 5.39. The fraction of sp³-hybridized carbons (Fsp3) is 0.317. The molecule has 12 nitrogen and oxygen atoms in total. The average Bonchev–Trinajstić information content (AvgIpc) is 3.68. The quantitative estimate of drug-likeness (QED) is 0.131. The molecule has 278 valence electrons. The number of alkyl carbamates (subject to hydrolysis) is 1. The fourth-order valence-corrected chi connectivity index (χ4v) is 5.39. The highest BCUT2D eigenvalue weighted by molar-refractivity contribution is 6.09. The molecule has 0 saturated heterocycles. The maximum absolute atomic E-state index is 13.8. The number of ether oxygens (including phenoxy) is 5. The first-order valence-corrected chi connectivity index (χ1v) is 17.4. The number of hydrogen-bond acceptors (Lipinski definition) is 9. The number of rotatable bonds is 14. The smallest absolute Gasteiger partial charge is 0.407 e. The van der Waals surface area contributed by atoms with Gasteiger partial charge in [-0.3, -0.25) is 9.59 Å². The number of carbonyl (C=O) groups excluding carboxylic acids is 3. The van der Waals surface area contributed by atoms with Gasteiger partial charge in [0.05, 0.1) is 37.2 Å². The number of aryl methyl sites for hydroxylation is 1. The molecule has 0 bridgehead atoms. The molecule has 0 spiro atoms. The monoisotopic (exact) mass is 722 g/mol. The van der Waals surface area contributed by atoms with Crippen LogP contribution < -0.4 is 29.7 Å². The molecule has 1 aliphatic rings. The molecule has 0 fully saturated rings. The van der Waals surface area contributed by atoms with Gasteiger partial charge in [0.2, 0.25) is 5.90 Å². The van der Waals surface area contributed by atoms with Crippen LogP contribution in [0.5, 0.6) is 17.2 Å². The van der Waals surface area contributed by atoms with Gasteiger partial charge in [-0.2, -0.15) is 0 Å². The number of carbonyl (C=O) groups is 3. The van der Waals surface area contributed by atoms with E-state index in [-0.39, 0.29) is 12.5 Å². The second-order valence-electron chi connectivity index (χ2n) is 13.4. The van der Waals surface area contributed by atoms with Crippen molar-refractivity contribution in [1.29, 1.82) is 0 Å². The van der Waals surface area contributed by atoms with Gasteiger partial charge in [0, 0.05) is 24.7 Å². The third-order valence-corrected chi connectivity index (χ3v) is 8.04. The first-order valence-electron chi connectivity index (χ1n) is 17.4. The summed E-state index contributed by atoms with van der Waals surface area (Å²) >= 11 is 0. The number of anilines is 2. The summed E-state index contributed by atoms with van der Waals surface area (Å²) in [5.74, 6) is 1.19. The molecule has 4 aromatic rings. The maximum atomic E-state index is 13.8. The van der Waals surface area contributed by atoms with Crippen LogP contribution in [-0.4, -0.2) is 69.9 Å². The number of para-hydroxylation sites is 1. The van der Waals surface area contributed by atoms with Crippen LogP contribution in [0.1, 0.15) is 64.6 Å². The predicted octanol–water partition coefficient (Wildman–Crippen LogP) is 7.18. The highest BCUT2D eigenvalue weighted by Crippen LogP contribution is 2.33. The number of methoxy groups -OCH3 is 1. The second kappa shape index (κ2) is 17.5. The minimum absolute atomic E-state index is 0.265. The Balaban J connectivity index is 1.21. The Labute approximate surface area is 310 Å². The molecule has 53 heavy (non-hydrogen) atoms. The highest BCUT2D eigenvalue weighted by atomic mass is 16.6. The maximum Gasteiger partial charge on any atom is 0.407 e. The van der Waals surface area contributed by atoms with Crippen LogP contribution in [0.25, 0.3) is 0 Å². The summed E-state index contributed by atoms with van der Waals surface area (Å²) in [4.78, 5) is 45.0. The van der Waals surface area contributed by atoms with Crippen LogP contribution in [0.2, 0.25) is 0 Å². The van der Waals surface area contributed by atoms with E-state index in [1.165, 1.54) is 12.0 Å². The Bertz CT molecular complexity index is 1950. The van der Waals surface area contributed by atoms with Crippen molar-refractivity contribution in [2.45, 2.75) is 46.3 Å². The van der Waals surface area contributed by atoms with Crippen LogP contribution in [0.3, 0.4) is 0 Å². The van der Waals surface area contributed by atoms with E-state index in [9.17, 15) is 14.4 Å². The summed E-state index contributed by atoms with van der Waals surface area (Å²) < 4.78 is 28.5. The van der Waals surface area contributed by atoms with E-state index in [2.05, 4.69) is 15.6 Å². The standard InChI is InChI=1S/C41H46N4O8/c1-27-12-19-33(36(24-27)52-26-28-13-15-29(16-14-28)38-42-21-23-51-38)45(5)39(47)30-17-18-32(35(25-30)49-6)44-37(46)31-10-7-8-11-34(31)50-22-9-20-43-40(48)53-41(2,3)4/h7-8,10-19,24-25H,9,20-23,26H2,1-6H3,(H,43,48)(H,44,46). The van der Waals surface area contributed by atoms with Crippen LogP contribution >= 0.6 is 0 Å². The Morgan fingerprint density at radius 2 is 1.68 bits per heavy atom. The molecule has 0 unspecified atom stereocenters. The first kappa shape index (κ1) is 38.2. The second-order valence-corrected chi connectivity index (χ2v) is 13.4. The number of nitrogens with zero attached hydrogens (tertiary/aromatic N) is 2. The third kappa shape index (κ3) is 10.5. The predicted molar refractivity (Wildman–Crippen MR) is 204 cm³/mol. The van der Waals surface area contributed by atoms with E-state index >= 15 is 0 Å². The van der Waals surface area contributed by atoms with E-state index in [1.54, 1.807) is 70.3 Å². The zero-order chi connectivity index (χ0) is 38.0. The van der Waals surface area contributed by atoms with Gasteiger partial charge < -0.3 is 39.2 Å². The molecular weight excluding hydrogens is 676 g/mol. The third-order valence-electron chi connectivity index (χ3n) is 8.04. The van der Waals surface area contributed by atoms with Crippen LogP contribution in [-0.2, 0) is 16.1 Å². The van der Waals surface area contributed by atoms with E-state index in [0.29, 0.717) is 78.4 Å². The lowest BCUT2D eigenvalue weighted by Gasteiger charge is -2.22. The summed E-state index contributed by atoms with van der Waals surface area (Å²) in [5, 5.41) is 5.56. The lowest BCUT2D eigenvalue weighted by molar-refractivity contribution is 0.0525. The van der Waals surface area contributed by atoms with E-state index in [0.717, 1.165) is 16.7 Å². The largest absolute Gasteiger partial charge is 0.495 e. The molecule has 2 N–H and O–H groups in total. The molecule has 1 aliphatic heterocycles. The summed E-state index contributed by atoms with van der Waals surface area (Å²) in [6.07, 6.45) is 0.00335. The van der Waals surface area contributed by atoms with Gasteiger partial charge in [0.25, 0.3) is 11.8 Å². The number of nitrogens with one attached hydrogen (secondary N) is 2. The highest BCUT2D eigenvalue weighted by Gasteiger charge is 2.21. The topological polar surface area (TPSA) is 137 Å². The molecule has 0 saturated carbocycles. The van der Waals surface area contributed by atoms with Gasteiger partial charge in [-0.25, -0.2) is 9.79 Å². The first-order chi connectivity index (χ1) is 25.4. The molecule has 4 aromatic carbocycles. The van der Waals surface area contributed by atoms with Crippen molar-refractivity contribution >= 4 is 35.2 Å². The molecular formula is C41H46N4O8. The summed E-state index contributed by atoms with van der Waals surface area (Å²) in [6, 6.07) is 25.2. The van der Waals surface area contributed by atoms with Crippen molar-refractivity contribution in [3.8, 4) is 17.2 Å². The van der Waals surface area contributed by atoms with Gasteiger partial charge in [-0.1, -0.05) is 30.3 Å². The molecule has 0 radical (unpaired) electrons. The molecule has 0 aromatic heterocycles. The molecule has 3 amide bonds. The number of amides is 3. The number of hydrogen-bond donors (Lipinski definition) is 2. The van der Waals surface area contributed by atoms with Gasteiger partial charge in [0.1, 0.15) is 36.1 Å². The molecule has 1 heterocycles. The van der Waals surface area contributed by atoms with Gasteiger partial charge in [-0.15, -0.1) is 0 Å². The molecule has 0 atom stereocenters. The zero-order valence-corrected chi connectivity index (χ0v) is 31.0. The minimum atomic E-state index is -0.584. The summed E-state index contributed by atoms with van der Waals surface area (Å²) in [6.45, 7) is 9.53. The molecule has 12 heteroatoms. The van der Waals surface area contributed by atoms with Crippen molar-refractivity contribution in [3.05, 3.63) is 113 Å². The zero-order valence-electron chi connectivity index (χ0n) is 31.0. The molecule has 0 aliphatic carbocycles. The van der Waals surface area contributed by atoms with Gasteiger partial charge >= 0.3 is 6.09 Å². The normalized spacial score (nSPS) is 12.2. The number of aliphatic imine (C=N–C) groups is 1. The van der Waals surface area contributed by atoms with Crippen molar-refractivity contribution in [2.24, 2.45) is 4.99 Å². The average molecular weight is 723 g/mol. The Hall–Kier alpha value is -6.04. The van der Waals surface area contributed by atoms with Gasteiger partial charge in [0.15, 0.2) is 0 Å². The Morgan fingerprint density at radius 1 is 0.906 bits per heavy atom.